The predicted octanol–water partition coefficient (Wildman–Crippen LogP) is 3.81. The molecule has 0 bridgehead atoms. The lowest BCUT2D eigenvalue weighted by Gasteiger charge is -2.24. The molecule has 0 radical (unpaired) electrons. The van der Waals surface area contributed by atoms with Gasteiger partial charge in [-0.1, -0.05) is 30.3 Å². The molecule has 1 aliphatic rings. The maximum absolute atomic E-state index is 12.7. The maximum Gasteiger partial charge on any atom is 0.339 e. The Morgan fingerprint density at radius 1 is 0.848 bits per heavy atom. The van der Waals surface area contributed by atoms with Gasteiger partial charge < -0.3 is 14.4 Å². The zero-order chi connectivity index (χ0) is 23.0. The quantitative estimate of drug-likeness (QED) is 0.345. The molecular weight excluding hydrogens is 420 g/mol. The van der Waals surface area contributed by atoms with E-state index in [1.165, 1.54) is 6.08 Å². The molecular formula is C26H22N2O5. The van der Waals surface area contributed by atoms with Crippen LogP contribution in [-0.2, 0) is 9.47 Å². The van der Waals surface area contributed by atoms with Gasteiger partial charge in [-0.2, -0.15) is 0 Å². The number of rotatable bonds is 4. The van der Waals surface area contributed by atoms with E-state index in [1.54, 1.807) is 54.7 Å². The van der Waals surface area contributed by atoms with Crippen molar-refractivity contribution in [3.8, 4) is 0 Å². The van der Waals surface area contributed by atoms with Crippen LogP contribution in [0.2, 0.25) is 0 Å². The van der Waals surface area contributed by atoms with Crippen molar-refractivity contribution >= 4 is 29.5 Å². The molecule has 2 aromatic carbocycles. The summed E-state index contributed by atoms with van der Waals surface area (Å²) in [4.78, 5) is 43.7. The lowest BCUT2D eigenvalue weighted by Crippen LogP contribution is -2.31. The van der Waals surface area contributed by atoms with Crippen LogP contribution in [0.4, 0.5) is 5.69 Å². The zero-order valence-electron chi connectivity index (χ0n) is 17.8. The van der Waals surface area contributed by atoms with Crippen molar-refractivity contribution in [2.24, 2.45) is 0 Å². The molecule has 7 heteroatoms. The third-order valence-corrected chi connectivity index (χ3v) is 5.14. The van der Waals surface area contributed by atoms with Gasteiger partial charge in [-0.3, -0.25) is 9.78 Å². The first-order valence-corrected chi connectivity index (χ1v) is 10.5. The number of hydrogen-bond acceptors (Lipinski definition) is 7. The molecule has 0 fully saturated rings. The van der Waals surface area contributed by atoms with Crippen LogP contribution in [0, 0.1) is 0 Å². The Morgan fingerprint density at radius 3 is 2.15 bits per heavy atom. The van der Waals surface area contributed by atoms with E-state index in [-0.39, 0.29) is 30.1 Å². The smallest absolute Gasteiger partial charge is 0.339 e. The van der Waals surface area contributed by atoms with Crippen molar-refractivity contribution in [3.05, 3.63) is 101 Å². The highest BCUT2D eigenvalue weighted by atomic mass is 16.5. The van der Waals surface area contributed by atoms with Crippen LogP contribution in [0.3, 0.4) is 0 Å². The highest BCUT2D eigenvalue weighted by molar-refractivity contribution is 6.07. The number of aromatic nitrogens is 1. The number of fused-ring (bicyclic) bond motifs is 1. The molecule has 1 aliphatic heterocycles. The number of esters is 2. The van der Waals surface area contributed by atoms with Crippen molar-refractivity contribution < 1.29 is 23.9 Å². The van der Waals surface area contributed by atoms with Gasteiger partial charge in [0, 0.05) is 17.4 Å². The number of hydrogen-bond donors (Lipinski definition) is 0. The first-order valence-electron chi connectivity index (χ1n) is 10.5. The van der Waals surface area contributed by atoms with E-state index in [0.717, 1.165) is 5.69 Å². The summed E-state index contributed by atoms with van der Waals surface area (Å²) in [5.74, 6) is -1.31. The highest BCUT2D eigenvalue weighted by Gasteiger charge is 2.21. The molecule has 0 atom stereocenters. The molecule has 1 aromatic heterocycles. The van der Waals surface area contributed by atoms with Gasteiger partial charge in [0.15, 0.2) is 5.78 Å². The normalized spacial score (nSPS) is 14.7. The van der Waals surface area contributed by atoms with Crippen molar-refractivity contribution in [3.63, 3.8) is 0 Å². The molecule has 0 aliphatic carbocycles. The summed E-state index contributed by atoms with van der Waals surface area (Å²) in [6, 6.07) is 19.1. The molecule has 2 heterocycles. The van der Waals surface area contributed by atoms with Crippen LogP contribution < -0.4 is 4.90 Å². The van der Waals surface area contributed by atoms with E-state index in [2.05, 4.69) is 4.98 Å². The van der Waals surface area contributed by atoms with Gasteiger partial charge in [-0.15, -0.1) is 0 Å². The second-order valence-electron chi connectivity index (χ2n) is 7.31. The van der Waals surface area contributed by atoms with Gasteiger partial charge in [0.05, 0.1) is 29.9 Å². The second-order valence-corrected chi connectivity index (χ2v) is 7.31. The Labute approximate surface area is 191 Å². The van der Waals surface area contributed by atoms with Crippen LogP contribution >= 0.6 is 0 Å². The van der Waals surface area contributed by atoms with Gasteiger partial charge in [0.1, 0.15) is 13.2 Å². The molecule has 33 heavy (non-hydrogen) atoms. The molecule has 4 rings (SSSR count). The van der Waals surface area contributed by atoms with Crippen molar-refractivity contribution in [2.45, 2.75) is 0 Å². The van der Waals surface area contributed by atoms with Gasteiger partial charge in [-0.05, 0) is 48.6 Å². The average Bonchev–Trinajstić information content (AvgIpc) is 2.89. The van der Waals surface area contributed by atoms with Gasteiger partial charge in [0.25, 0.3) is 0 Å². The van der Waals surface area contributed by atoms with Crippen LogP contribution in [0.5, 0.6) is 0 Å². The number of ketones is 1. The number of carbonyl (C=O) groups excluding carboxylic acids is 3. The summed E-state index contributed by atoms with van der Waals surface area (Å²) in [6.07, 6.45) is 4.81. The third-order valence-electron chi connectivity index (χ3n) is 5.14. The Kier molecular flexibility index (Phi) is 6.90. The van der Waals surface area contributed by atoms with Crippen LogP contribution in [0.25, 0.3) is 6.08 Å². The lowest BCUT2D eigenvalue weighted by atomic mass is 10.1. The third kappa shape index (κ3) is 5.51. The minimum Gasteiger partial charge on any atom is -0.460 e. The monoisotopic (exact) mass is 442 g/mol. The van der Waals surface area contributed by atoms with E-state index in [9.17, 15) is 14.4 Å². The van der Waals surface area contributed by atoms with E-state index < -0.39 is 11.9 Å². The number of pyridine rings is 1. The van der Waals surface area contributed by atoms with E-state index >= 15 is 0 Å². The Morgan fingerprint density at radius 2 is 1.52 bits per heavy atom. The summed E-state index contributed by atoms with van der Waals surface area (Å²) in [6.45, 7) is 1.01. The number of cyclic esters (lactones) is 2. The van der Waals surface area contributed by atoms with Crippen molar-refractivity contribution in [1.82, 2.24) is 4.98 Å². The number of carbonyl (C=O) groups is 3. The average molecular weight is 442 g/mol. The fraction of sp³-hybridized carbons (Fsp3) is 0.154. The topological polar surface area (TPSA) is 85.8 Å². The number of allylic oxidation sites excluding steroid dienone is 1. The maximum atomic E-state index is 12.7. The van der Waals surface area contributed by atoms with Gasteiger partial charge >= 0.3 is 11.9 Å². The molecule has 0 N–H and O–H groups in total. The number of anilines is 1. The summed E-state index contributed by atoms with van der Waals surface area (Å²) in [5, 5.41) is 0. The largest absolute Gasteiger partial charge is 0.460 e. The highest BCUT2D eigenvalue weighted by Crippen LogP contribution is 2.19. The fourth-order valence-electron chi connectivity index (χ4n) is 3.45. The predicted molar refractivity (Wildman–Crippen MR) is 123 cm³/mol. The zero-order valence-corrected chi connectivity index (χ0v) is 17.8. The minimum absolute atomic E-state index is 0.124. The van der Waals surface area contributed by atoms with Crippen LogP contribution in [0.15, 0.2) is 79.0 Å². The summed E-state index contributed by atoms with van der Waals surface area (Å²) in [5.41, 5.74) is 2.33. The first kappa shape index (κ1) is 22.0. The summed E-state index contributed by atoms with van der Waals surface area (Å²) >= 11 is 0. The lowest BCUT2D eigenvalue weighted by molar-refractivity contribution is 0.0488. The minimum atomic E-state index is -0.576. The Hall–Kier alpha value is -4.26. The van der Waals surface area contributed by atoms with Crippen LogP contribution in [-0.4, -0.2) is 49.0 Å². The van der Waals surface area contributed by atoms with E-state index in [0.29, 0.717) is 24.3 Å². The SMILES string of the molecule is O=C(/C=C/c1ccccn1)c1cccc(N2CCOC(=O)c3ccccc3C(=O)OCC2)c1. The number of benzene rings is 2. The molecule has 7 nitrogen and oxygen atoms in total. The molecule has 0 spiro atoms. The molecule has 0 amide bonds. The summed E-state index contributed by atoms with van der Waals surface area (Å²) < 4.78 is 10.8. The molecule has 3 aromatic rings. The van der Waals surface area contributed by atoms with Crippen LogP contribution in [0.1, 0.15) is 36.8 Å². The summed E-state index contributed by atoms with van der Waals surface area (Å²) in [7, 11) is 0. The molecule has 0 unspecified atom stereocenters. The Balaban J connectivity index is 1.50. The van der Waals surface area contributed by atoms with Gasteiger partial charge in [0.2, 0.25) is 0 Å². The van der Waals surface area contributed by atoms with Gasteiger partial charge in [-0.25, -0.2) is 9.59 Å². The van der Waals surface area contributed by atoms with E-state index in [1.807, 2.05) is 29.2 Å². The first-order chi connectivity index (χ1) is 16.1. The van der Waals surface area contributed by atoms with Crippen molar-refractivity contribution in [1.29, 1.82) is 0 Å². The second kappa shape index (κ2) is 10.4. The molecule has 166 valence electrons. The van der Waals surface area contributed by atoms with Crippen molar-refractivity contribution in [2.75, 3.05) is 31.2 Å². The molecule has 0 saturated heterocycles. The molecule has 0 saturated carbocycles. The fourth-order valence-corrected chi connectivity index (χ4v) is 3.45. The number of ether oxygens (including phenoxy) is 2. The standard InChI is InChI=1S/C26H22N2O5/c29-24(12-11-20-7-3-4-13-27-20)19-6-5-8-21(18-19)28-14-16-32-25(30)22-9-1-2-10-23(22)26(31)33-17-15-28/h1-13,18H,14-17H2/b12-11+. The Bertz CT molecular complexity index is 1150. The number of nitrogens with zero attached hydrogens (tertiary/aromatic N) is 2. The van der Waals surface area contributed by atoms with E-state index in [4.69, 9.17) is 9.47 Å².